The minimum absolute atomic E-state index is 0.0636. The van der Waals surface area contributed by atoms with Gasteiger partial charge in [-0.25, -0.2) is 9.97 Å². The van der Waals surface area contributed by atoms with E-state index in [0.717, 1.165) is 16.8 Å². The van der Waals surface area contributed by atoms with E-state index in [1.165, 1.54) is 11.9 Å². The fraction of sp³-hybridized carbons (Fsp3) is 0.353. The molecule has 0 spiro atoms. The van der Waals surface area contributed by atoms with Gasteiger partial charge in [-0.2, -0.15) is 5.26 Å². The summed E-state index contributed by atoms with van der Waals surface area (Å²) in [5.41, 5.74) is 4.18. The van der Waals surface area contributed by atoms with Crippen molar-refractivity contribution in [2.45, 2.75) is 39.0 Å². The van der Waals surface area contributed by atoms with Gasteiger partial charge in [0.2, 0.25) is 0 Å². The summed E-state index contributed by atoms with van der Waals surface area (Å²) in [4.78, 5) is 8.14. The molecule has 0 amide bonds. The Morgan fingerprint density at radius 3 is 2.50 bits per heavy atom. The number of aryl methyl sites for hydroxylation is 1. The molecule has 0 radical (unpaired) electrons. The summed E-state index contributed by atoms with van der Waals surface area (Å²) < 4.78 is 0. The molecule has 1 heterocycles. The van der Waals surface area contributed by atoms with Crippen molar-refractivity contribution in [1.82, 2.24) is 9.97 Å². The predicted octanol–water partition coefficient (Wildman–Crippen LogP) is 3.74. The van der Waals surface area contributed by atoms with Crippen molar-refractivity contribution in [2.75, 3.05) is 0 Å². The first-order chi connectivity index (χ1) is 9.43. The summed E-state index contributed by atoms with van der Waals surface area (Å²) in [6.07, 6.45) is 3.16. The van der Waals surface area contributed by atoms with Crippen LogP contribution < -0.4 is 0 Å². The van der Waals surface area contributed by atoms with Crippen LogP contribution in [-0.2, 0) is 5.41 Å². The van der Waals surface area contributed by atoms with E-state index in [4.69, 9.17) is 0 Å². The zero-order valence-electron chi connectivity index (χ0n) is 12.4. The SMILES string of the molecule is Cc1ccc(C(C)(C)C)cc1C(C#N)c1ccncn1. The molecule has 0 saturated heterocycles. The number of nitriles is 1. The molecule has 0 aliphatic carbocycles. The number of aromatic nitrogens is 2. The average molecular weight is 265 g/mol. The van der Waals surface area contributed by atoms with Crippen molar-refractivity contribution in [1.29, 1.82) is 5.26 Å². The van der Waals surface area contributed by atoms with E-state index in [0.29, 0.717) is 0 Å². The van der Waals surface area contributed by atoms with E-state index >= 15 is 0 Å². The summed E-state index contributed by atoms with van der Waals surface area (Å²) in [6.45, 7) is 8.56. The van der Waals surface area contributed by atoms with Crippen LogP contribution in [0.1, 0.15) is 49.1 Å². The lowest BCUT2D eigenvalue weighted by molar-refractivity contribution is 0.589. The van der Waals surface area contributed by atoms with Gasteiger partial charge < -0.3 is 0 Å². The Balaban J connectivity index is 2.53. The van der Waals surface area contributed by atoms with E-state index in [-0.39, 0.29) is 11.3 Å². The quantitative estimate of drug-likeness (QED) is 0.831. The Hall–Kier alpha value is -2.21. The Kier molecular flexibility index (Phi) is 3.85. The summed E-state index contributed by atoms with van der Waals surface area (Å²) in [5.74, 6) is -0.347. The number of hydrogen-bond donors (Lipinski definition) is 0. The molecule has 0 aliphatic heterocycles. The van der Waals surface area contributed by atoms with Crippen molar-refractivity contribution in [2.24, 2.45) is 0 Å². The second-order valence-electron chi connectivity index (χ2n) is 6.02. The molecule has 0 fully saturated rings. The van der Waals surface area contributed by atoms with Gasteiger partial charge in [0.05, 0.1) is 11.8 Å². The van der Waals surface area contributed by atoms with Crippen LogP contribution in [0.5, 0.6) is 0 Å². The summed E-state index contributed by atoms with van der Waals surface area (Å²) in [5, 5.41) is 9.54. The van der Waals surface area contributed by atoms with Gasteiger partial charge in [0, 0.05) is 6.20 Å². The van der Waals surface area contributed by atoms with Crippen molar-refractivity contribution >= 4 is 0 Å². The minimum atomic E-state index is -0.347. The number of hydrogen-bond acceptors (Lipinski definition) is 3. The zero-order chi connectivity index (χ0) is 14.8. The van der Waals surface area contributed by atoms with E-state index in [1.54, 1.807) is 12.3 Å². The van der Waals surface area contributed by atoms with Crippen LogP contribution in [0.2, 0.25) is 0 Å². The predicted molar refractivity (Wildman–Crippen MR) is 79.4 cm³/mol. The molecule has 0 bridgehead atoms. The van der Waals surface area contributed by atoms with Gasteiger partial charge in [-0.1, -0.05) is 39.0 Å². The summed E-state index contributed by atoms with van der Waals surface area (Å²) in [6, 6.07) is 10.5. The summed E-state index contributed by atoms with van der Waals surface area (Å²) in [7, 11) is 0. The highest BCUT2D eigenvalue weighted by Crippen LogP contribution is 2.30. The smallest absolute Gasteiger partial charge is 0.115 e. The molecule has 2 rings (SSSR count). The van der Waals surface area contributed by atoms with E-state index < -0.39 is 0 Å². The maximum atomic E-state index is 9.54. The van der Waals surface area contributed by atoms with Crippen LogP contribution in [0.25, 0.3) is 0 Å². The Bertz CT molecular complexity index is 634. The van der Waals surface area contributed by atoms with Crippen LogP contribution >= 0.6 is 0 Å². The maximum Gasteiger partial charge on any atom is 0.115 e. The molecule has 1 unspecified atom stereocenters. The largest absolute Gasteiger partial charge is 0.245 e. The molecule has 3 nitrogen and oxygen atoms in total. The second-order valence-corrected chi connectivity index (χ2v) is 6.02. The monoisotopic (exact) mass is 265 g/mol. The van der Waals surface area contributed by atoms with Gasteiger partial charge in [0.15, 0.2) is 0 Å². The normalized spacial score (nSPS) is 12.8. The molecule has 0 N–H and O–H groups in total. The van der Waals surface area contributed by atoms with Crippen LogP contribution in [0.4, 0.5) is 0 Å². The molecule has 2 aromatic rings. The van der Waals surface area contributed by atoms with Crippen LogP contribution in [-0.4, -0.2) is 9.97 Å². The molecule has 20 heavy (non-hydrogen) atoms. The molecule has 0 saturated carbocycles. The average Bonchev–Trinajstić information content (AvgIpc) is 2.41. The van der Waals surface area contributed by atoms with Crippen molar-refractivity contribution in [3.8, 4) is 6.07 Å². The van der Waals surface area contributed by atoms with E-state index in [1.807, 2.05) is 6.92 Å². The van der Waals surface area contributed by atoms with Gasteiger partial charge in [-0.15, -0.1) is 0 Å². The zero-order valence-corrected chi connectivity index (χ0v) is 12.4. The van der Waals surface area contributed by atoms with Gasteiger partial charge in [0.25, 0.3) is 0 Å². The van der Waals surface area contributed by atoms with Gasteiger partial charge in [-0.05, 0) is 35.1 Å². The third-order valence-corrected chi connectivity index (χ3v) is 3.49. The van der Waals surface area contributed by atoms with E-state index in [2.05, 4.69) is 55.0 Å². The minimum Gasteiger partial charge on any atom is -0.245 e. The Morgan fingerprint density at radius 1 is 1.20 bits per heavy atom. The fourth-order valence-electron chi connectivity index (χ4n) is 2.18. The lowest BCUT2D eigenvalue weighted by atomic mass is 9.82. The van der Waals surface area contributed by atoms with Crippen LogP contribution in [0.3, 0.4) is 0 Å². The van der Waals surface area contributed by atoms with E-state index in [9.17, 15) is 5.26 Å². The third kappa shape index (κ3) is 2.85. The summed E-state index contributed by atoms with van der Waals surface area (Å²) >= 11 is 0. The first-order valence-corrected chi connectivity index (χ1v) is 6.70. The Morgan fingerprint density at radius 2 is 1.95 bits per heavy atom. The fourth-order valence-corrected chi connectivity index (χ4v) is 2.18. The van der Waals surface area contributed by atoms with Gasteiger partial charge >= 0.3 is 0 Å². The molecule has 3 heteroatoms. The van der Waals surface area contributed by atoms with Crippen LogP contribution in [0, 0.1) is 18.3 Å². The maximum absolute atomic E-state index is 9.54. The van der Waals surface area contributed by atoms with Crippen molar-refractivity contribution in [3.05, 3.63) is 59.2 Å². The van der Waals surface area contributed by atoms with Crippen molar-refractivity contribution < 1.29 is 0 Å². The van der Waals surface area contributed by atoms with Crippen molar-refractivity contribution in [3.63, 3.8) is 0 Å². The molecule has 1 aromatic carbocycles. The lowest BCUT2D eigenvalue weighted by Gasteiger charge is -2.22. The van der Waals surface area contributed by atoms with Gasteiger partial charge in [-0.3, -0.25) is 0 Å². The third-order valence-electron chi connectivity index (χ3n) is 3.49. The number of benzene rings is 1. The first-order valence-electron chi connectivity index (χ1n) is 6.70. The Labute approximate surface area is 120 Å². The molecule has 0 aliphatic rings. The standard InChI is InChI=1S/C17H19N3/c1-12-5-6-13(17(2,3)4)9-14(12)15(10-18)16-7-8-19-11-20-16/h5-9,11,15H,1-4H3. The van der Waals surface area contributed by atoms with Crippen LogP contribution in [0.15, 0.2) is 36.8 Å². The number of rotatable bonds is 2. The highest BCUT2D eigenvalue weighted by molar-refractivity contribution is 5.43. The molecule has 1 aromatic heterocycles. The highest BCUT2D eigenvalue weighted by atomic mass is 14.8. The molecular weight excluding hydrogens is 246 g/mol. The first kappa shape index (κ1) is 14.2. The number of nitrogens with zero attached hydrogens (tertiary/aromatic N) is 3. The topological polar surface area (TPSA) is 49.6 Å². The molecule has 102 valence electrons. The molecular formula is C17H19N3. The van der Waals surface area contributed by atoms with Gasteiger partial charge in [0.1, 0.15) is 12.2 Å². The lowest BCUT2D eigenvalue weighted by Crippen LogP contribution is -2.13. The highest BCUT2D eigenvalue weighted by Gasteiger charge is 2.20. The molecule has 1 atom stereocenters. The second kappa shape index (κ2) is 5.42.